The van der Waals surface area contributed by atoms with Crippen molar-refractivity contribution in [1.29, 1.82) is 0 Å². The maximum absolute atomic E-state index is 4.83. The number of nitrogens with zero attached hydrogens (tertiary/aromatic N) is 3. The van der Waals surface area contributed by atoms with Gasteiger partial charge in [0.1, 0.15) is 11.4 Å². The van der Waals surface area contributed by atoms with Crippen LogP contribution in [-0.2, 0) is 25.9 Å². The van der Waals surface area contributed by atoms with Gasteiger partial charge in [0, 0.05) is 11.5 Å². The van der Waals surface area contributed by atoms with Crippen LogP contribution in [0.1, 0.15) is 56.3 Å². The summed E-state index contributed by atoms with van der Waals surface area (Å²) < 4.78 is 2.48. The third kappa shape index (κ3) is 1.87. The highest BCUT2D eigenvalue weighted by atomic mass is 15.6. The molecule has 88 valence electrons. The molecule has 0 saturated heterocycles. The highest BCUT2D eigenvalue weighted by Crippen LogP contribution is 2.19. The fourth-order valence-corrected chi connectivity index (χ4v) is 3.06. The van der Waals surface area contributed by atoms with Gasteiger partial charge in [0.25, 0.3) is 0 Å². The Kier molecular flexibility index (Phi) is 2.94. The van der Waals surface area contributed by atoms with E-state index in [1.54, 1.807) is 5.69 Å². The summed E-state index contributed by atoms with van der Waals surface area (Å²) in [5.41, 5.74) is 2.96. The second-order valence-corrected chi connectivity index (χ2v) is 5.19. The highest BCUT2D eigenvalue weighted by molar-refractivity contribution is 5.10. The maximum Gasteiger partial charge on any atom is 0.200 e. The average molecular weight is 220 g/mol. The molecule has 3 heteroatoms. The summed E-state index contributed by atoms with van der Waals surface area (Å²) >= 11 is 0. The lowest BCUT2D eigenvalue weighted by Gasteiger charge is -2.07. The molecule has 16 heavy (non-hydrogen) atoms. The van der Waals surface area contributed by atoms with E-state index in [0.29, 0.717) is 0 Å². The number of hydrogen-bond donors (Lipinski definition) is 0. The highest BCUT2D eigenvalue weighted by Gasteiger charge is 2.25. The minimum atomic E-state index is 1.13. The number of fused-ring (bicyclic) bond motifs is 3. The molecule has 0 amide bonds. The molecule has 1 aromatic heterocycles. The SMILES string of the molecule is C1CCCc2c(n[n+]3n2CCCCC3)CC1. The lowest BCUT2D eigenvalue weighted by atomic mass is 10.0. The third-order valence-corrected chi connectivity index (χ3v) is 3.96. The topological polar surface area (TPSA) is 21.7 Å². The van der Waals surface area contributed by atoms with E-state index in [4.69, 9.17) is 5.10 Å². The molecule has 0 aromatic carbocycles. The Morgan fingerprint density at radius 1 is 0.875 bits per heavy atom. The van der Waals surface area contributed by atoms with Crippen molar-refractivity contribution in [3.05, 3.63) is 11.4 Å². The van der Waals surface area contributed by atoms with E-state index in [9.17, 15) is 0 Å². The largest absolute Gasteiger partial charge is 0.200 e. The summed E-state index contributed by atoms with van der Waals surface area (Å²) in [6.45, 7) is 2.33. The van der Waals surface area contributed by atoms with Crippen LogP contribution in [0.3, 0.4) is 0 Å². The smallest absolute Gasteiger partial charge is 0.131 e. The molecule has 3 rings (SSSR count). The van der Waals surface area contributed by atoms with Gasteiger partial charge in [-0.25, -0.2) is 0 Å². The molecule has 2 aliphatic rings. The van der Waals surface area contributed by atoms with E-state index in [1.807, 2.05) is 0 Å². The van der Waals surface area contributed by atoms with Crippen molar-refractivity contribution in [3.63, 3.8) is 0 Å². The van der Waals surface area contributed by atoms with Crippen LogP contribution in [0.5, 0.6) is 0 Å². The van der Waals surface area contributed by atoms with Crippen LogP contribution < -0.4 is 4.80 Å². The van der Waals surface area contributed by atoms with Gasteiger partial charge in [0.15, 0.2) is 0 Å². The van der Waals surface area contributed by atoms with Crippen LogP contribution in [0.25, 0.3) is 0 Å². The van der Waals surface area contributed by atoms with E-state index < -0.39 is 0 Å². The van der Waals surface area contributed by atoms with Gasteiger partial charge in [-0.05, 0) is 43.3 Å². The molecule has 0 saturated carbocycles. The molecule has 0 N–H and O–H groups in total. The molecule has 0 atom stereocenters. The quantitative estimate of drug-likeness (QED) is 0.613. The summed E-state index contributed by atoms with van der Waals surface area (Å²) in [5.74, 6) is 0. The molecule has 3 nitrogen and oxygen atoms in total. The van der Waals surface area contributed by atoms with Gasteiger partial charge in [-0.1, -0.05) is 12.8 Å². The van der Waals surface area contributed by atoms with Crippen molar-refractivity contribution >= 4 is 0 Å². The molecule has 0 radical (unpaired) electrons. The van der Waals surface area contributed by atoms with Crippen LogP contribution in [0, 0.1) is 0 Å². The van der Waals surface area contributed by atoms with E-state index in [2.05, 4.69) is 9.48 Å². The van der Waals surface area contributed by atoms with Gasteiger partial charge in [-0.15, -0.1) is 4.68 Å². The van der Waals surface area contributed by atoms with E-state index in [1.165, 1.54) is 70.0 Å². The van der Waals surface area contributed by atoms with E-state index in [-0.39, 0.29) is 0 Å². The second-order valence-electron chi connectivity index (χ2n) is 5.19. The van der Waals surface area contributed by atoms with Gasteiger partial charge in [0.05, 0.1) is 6.54 Å². The van der Waals surface area contributed by atoms with Gasteiger partial charge in [-0.2, -0.15) is 0 Å². The van der Waals surface area contributed by atoms with Crippen molar-refractivity contribution in [2.24, 2.45) is 0 Å². The second kappa shape index (κ2) is 4.56. The van der Waals surface area contributed by atoms with Crippen LogP contribution in [-0.4, -0.2) is 9.78 Å². The van der Waals surface area contributed by atoms with Crippen molar-refractivity contribution < 1.29 is 4.80 Å². The molecule has 0 fully saturated rings. The van der Waals surface area contributed by atoms with Crippen molar-refractivity contribution in [3.8, 4) is 0 Å². The van der Waals surface area contributed by atoms with Gasteiger partial charge in [-0.3, -0.25) is 0 Å². The summed E-state index contributed by atoms with van der Waals surface area (Å²) in [7, 11) is 0. The summed E-state index contributed by atoms with van der Waals surface area (Å²) in [6, 6.07) is 0. The van der Waals surface area contributed by atoms with Crippen LogP contribution in [0.2, 0.25) is 0 Å². The van der Waals surface area contributed by atoms with Crippen molar-refractivity contribution in [1.82, 2.24) is 9.78 Å². The number of aromatic nitrogens is 3. The number of hydrogen-bond acceptors (Lipinski definition) is 1. The predicted molar refractivity (Wildman–Crippen MR) is 62.1 cm³/mol. The lowest BCUT2D eigenvalue weighted by Crippen LogP contribution is -2.45. The van der Waals surface area contributed by atoms with Gasteiger partial charge < -0.3 is 0 Å². The summed E-state index contributed by atoms with van der Waals surface area (Å²) in [4.78, 5) is 2.25. The zero-order chi connectivity index (χ0) is 10.8. The van der Waals surface area contributed by atoms with Crippen molar-refractivity contribution in [2.45, 2.75) is 70.9 Å². The number of aryl methyl sites for hydroxylation is 2. The molecular weight excluding hydrogens is 198 g/mol. The molecule has 0 unspecified atom stereocenters. The Balaban J connectivity index is 1.96. The minimum absolute atomic E-state index is 1.13. The van der Waals surface area contributed by atoms with E-state index in [0.717, 1.165) is 6.54 Å². The third-order valence-electron chi connectivity index (χ3n) is 3.96. The first-order chi connectivity index (χ1) is 7.95. The Labute approximate surface area is 97.4 Å². The lowest BCUT2D eigenvalue weighted by molar-refractivity contribution is -0.825. The molecular formula is C13H22N3+. The first-order valence-electron chi connectivity index (χ1n) is 6.94. The minimum Gasteiger partial charge on any atom is -0.131 e. The molecule has 0 bridgehead atoms. The Hall–Kier alpha value is -0.860. The summed E-state index contributed by atoms with van der Waals surface area (Å²) in [6.07, 6.45) is 12.0. The van der Waals surface area contributed by atoms with Crippen LogP contribution in [0.15, 0.2) is 0 Å². The predicted octanol–water partition coefficient (Wildman–Crippen LogP) is 2.01. The summed E-state index contributed by atoms with van der Waals surface area (Å²) in [5, 5.41) is 4.83. The fourth-order valence-electron chi connectivity index (χ4n) is 3.06. The number of rotatable bonds is 0. The Morgan fingerprint density at radius 3 is 2.62 bits per heavy atom. The maximum atomic E-state index is 4.83. The first kappa shape index (κ1) is 10.3. The normalized spacial score (nSPS) is 21.5. The zero-order valence-corrected chi connectivity index (χ0v) is 10.1. The van der Waals surface area contributed by atoms with Crippen LogP contribution in [0.4, 0.5) is 0 Å². The molecule has 0 spiro atoms. The van der Waals surface area contributed by atoms with Crippen molar-refractivity contribution in [2.75, 3.05) is 0 Å². The van der Waals surface area contributed by atoms with Gasteiger partial charge in [0.2, 0.25) is 6.54 Å². The average Bonchev–Trinajstić information content (AvgIpc) is 2.47. The molecule has 1 aliphatic carbocycles. The monoisotopic (exact) mass is 220 g/mol. The Morgan fingerprint density at radius 2 is 1.69 bits per heavy atom. The molecule has 2 heterocycles. The van der Waals surface area contributed by atoms with Gasteiger partial charge >= 0.3 is 0 Å². The molecule has 1 aliphatic heterocycles. The zero-order valence-electron chi connectivity index (χ0n) is 10.1. The fraction of sp³-hybridized carbons (Fsp3) is 0.846. The van der Waals surface area contributed by atoms with E-state index >= 15 is 0 Å². The standard InChI is InChI=1S/C13H22N3/c1-2-5-9-13-12(8-4-1)14-16-11-7-3-6-10-15(13)16/h1-11H2/q+1. The Bertz CT molecular complexity index is 367. The van der Waals surface area contributed by atoms with Crippen LogP contribution >= 0.6 is 0 Å². The molecule has 1 aromatic rings. The first-order valence-corrected chi connectivity index (χ1v) is 6.94.